The van der Waals surface area contributed by atoms with Gasteiger partial charge in [-0.1, -0.05) is 36.4 Å². The smallest absolute Gasteiger partial charge is 0.326 e. The fraction of sp³-hybridized carbons (Fsp3) is 0.400. The number of hydrogen-bond acceptors (Lipinski definition) is 4. The molecule has 6 nitrogen and oxygen atoms in total. The van der Waals surface area contributed by atoms with Gasteiger partial charge in [-0.25, -0.2) is 4.79 Å². The molecule has 0 saturated carbocycles. The third-order valence-corrected chi connectivity index (χ3v) is 4.79. The molecule has 6 heteroatoms. The zero-order chi connectivity index (χ0) is 18.7. The van der Waals surface area contributed by atoms with E-state index < -0.39 is 18.1 Å². The van der Waals surface area contributed by atoms with E-state index in [0.29, 0.717) is 18.7 Å². The molecule has 1 aliphatic rings. The highest BCUT2D eigenvalue weighted by Gasteiger charge is 2.37. The van der Waals surface area contributed by atoms with Gasteiger partial charge in [-0.3, -0.25) is 9.69 Å². The highest BCUT2D eigenvalue weighted by atomic mass is 16.5. The van der Waals surface area contributed by atoms with Crippen molar-refractivity contribution in [2.75, 3.05) is 18.1 Å². The van der Waals surface area contributed by atoms with E-state index in [-0.39, 0.29) is 18.9 Å². The number of aryl methyl sites for hydroxylation is 1. The SMILES string of the molecule is Cc1ccc2ccccc2c1N(C(=O)C1CCCO1)C(CCO)C(=O)O. The minimum atomic E-state index is -1.15. The van der Waals surface area contributed by atoms with Crippen LogP contribution in [0.5, 0.6) is 0 Å². The van der Waals surface area contributed by atoms with Crippen LogP contribution in [0.3, 0.4) is 0 Å². The predicted octanol–water partition coefficient (Wildman–Crippen LogP) is 2.50. The Balaban J connectivity index is 2.18. The predicted molar refractivity (Wildman–Crippen MR) is 98.3 cm³/mol. The van der Waals surface area contributed by atoms with Crippen LogP contribution < -0.4 is 4.90 Å². The van der Waals surface area contributed by atoms with E-state index in [0.717, 1.165) is 22.8 Å². The molecule has 3 rings (SSSR count). The maximum absolute atomic E-state index is 13.2. The van der Waals surface area contributed by atoms with Crippen molar-refractivity contribution in [1.29, 1.82) is 0 Å². The molecule has 0 spiro atoms. The van der Waals surface area contributed by atoms with Crippen LogP contribution in [-0.4, -0.2) is 47.4 Å². The van der Waals surface area contributed by atoms with Crippen LogP contribution in [-0.2, 0) is 14.3 Å². The largest absolute Gasteiger partial charge is 0.480 e. The number of fused-ring (bicyclic) bond motifs is 1. The fourth-order valence-electron chi connectivity index (χ4n) is 3.52. The summed E-state index contributed by atoms with van der Waals surface area (Å²) >= 11 is 0. The number of anilines is 1. The number of rotatable bonds is 6. The third kappa shape index (κ3) is 3.43. The highest BCUT2D eigenvalue weighted by Crippen LogP contribution is 2.34. The Labute approximate surface area is 152 Å². The fourth-order valence-corrected chi connectivity index (χ4v) is 3.52. The number of aliphatic hydroxyl groups is 1. The Morgan fingerprint density at radius 2 is 2.04 bits per heavy atom. The second-order valence-corrected chi connectivity index (χ2v) is 6.53. The molecule has 26 heavy (non-hydrogen) atoms. The van der Waals surface area contributed by atoms with E-state index in [4.69, 9.17) is 4.74 Å². The maximum Gasteiger partial charge on any atom is 0.326 e. The first-order valence-electron chi connectivity index (χ1n) is 8.81. The van der Waals surface area contributed by atoms with Crippen molar-refractivity contribution in [3.8, 4) is 0 Å². The molecule has 1 heterocycles. The molecule has 0 bridgehead atoms. The van der Waals surface area contributed by atoms with Crippen molar-refractivity contribution in [2.24, 2.45) is 0 Å². The Hall–Kier alpha value is -2.44. The molecule has 1 fully saturated rings. The Morgan fingerprint density at radius 3 is 2.69 bits per heavy atom. The minimum absolute atomic E-state index is 0.0452. The molecule has 0 aromatic heterocycles. The first-order chi connectivity index (χ1) is 12.5. The zero-order valence-electron chi connectivity index (χ0n) is 14.7. The van der Waals surface area contributed by atoms with Crippen LogP contribution in [0.15, 0.2) is 36.4 Å². The van der Waals surface area contributed by atoms with Gasteiger partial charge in [0.15, 0.2) is 0 Å². The van der Waals surface area contributed by atoms with Gasteiger partial charge in [-0.2, -0.15) is 0 Å². The Kier molecular flexibility index (Phi) is 5.54. The van der Waals surface area contributed by atoms with E-state index in [1.807, 2.05) is 43.3 Å². The lowest BCUT2D eigenvalue weighted by atomic mass is 10.00. The molecule has 0 aliphatic carbocycles. The molecule has 138 valence electrons. The zero-order valence-corrected chi connectivity index (χ0v) is 14.7. The Morgan fingerprint density at radius 1 is 1.27 bits per heavy atom. The first kappa shape index (κ1) is 18.4. The topological polar surface area (TPSA) is 87.1 Å². The second-order valence-electron chi connectivity index (χ2n) is 6.53. The molecular formula is C20H23NO5. The van der Waals surface area contributed by atoms with Crippen molar-refractivity contribution >= 4 is 28.3 Å². The lowest BCUT2D eigenvalue weighted by molar-refractivity contribution is -0.141. The van der Waals surface area contributed by atoms with Crippen molar-refractivity contribution in [3.63, 3.8) is 0 Å². The third-order valence-electron chi connectivity index (χ3n) is 4.79. The number of ether oxygens (including phenoxy) is 1. The van der Waals surface area contributed by atoms with Gasteiger partial charge < -0.3 is 14.9 Å². The number of carbonyl (C=O) groups is 2. The van der Waals surface area contributed by atoms with E-state index in [1.165, 1.54) is 4.90 Å². The van der Waals surface area contributed by atoms with E-state index in [2.05, 4.69) is 0 Å². The summed E-state index contributed by atoms with van der Waals surface area (Å²) < 4.78 is 5.53. The number of carbonyl (C=O) groups excluding carboxylic acids is 1. The maximum atomic E-state index is 13.2. The molecule has 2 unspecified atom stereocenters. The standard InChI is InChI=1S/C20H23NO5/c1-13-8-9-14-5-2-3-6-15(14)18(13)21(16(10-11-22)20(24)25)19(23)17-7-4-12-26-17/h2-3,5-6,8-9,16-17,22H,4,7,10-12H2,1H3,(H,24,25). The second kappa shape index (κ2) is 7.85. The van der Waals surface area contributed by atoms with Crippen molar-refractivity contribution < 1.29 is 24.5 Å². The number of nitrogens with zero attached hydrogens (tertiary/aromatic N) is 1. The van der Waals surface area contributed by atoms with Gasteiger partial charge in [0, 0.05) is 25.0 Å². The van der Waals surface area contributed by atoms with Crippen LogP contribution >= 0.6 is 0 Å². The average Bonchev–Trinajstić information content (AvgIpc) is 3.17. The van der Waals surface area contributed by atoms with Gasteiger partial charge in [0.2, 0.25) is 0 Å². The van der Waals surface area contributed by atoms with Crippen LogP contribution in [0.1, 0.15) is 24.8 Å². The van der Waals surface area contributed by atoms with Crippen molar-refractivity contribution in [3.05, 3.63) is 42.0 Å². The van der Waals surface area contributed by atoms with Gasteiger partial charge in [-0.05, 0) is 30.7 Å². The average molecular weight is 357 g/mol. The summed E-state index contributed by atoms with van der Waals surface area (Å²) in [5, 5.41) is 20.9. The summed E-state index contributed by atoms with van der Waals surface area (Å²) in [6.45, 7) is 2.03. The summed E-state index contributed by atoms with van der Waals surface area (Å²) in [7, 11) is 0. The number of carboxylic acid groups (broad SMARTS) is 1. The lowest BCUT2D eigenvalue weighted by Crippen LogP contribution is -2.50. The lowest BCUT2D eigenvalue weighted by Gasteiger charge is -2.32. The van der Waals surface area contributed by atoms with E-state index in [9.17, 15) is 19.8 Å². The molecule has 2 aromatic rings. The number of amides is 1. The molecule has 1 aliphatic heterocycles. The normalized spacial score (nSPS) is 18.0. The first-order valence-corrected chi connectivity index (χ1v) is 8.81. The van der Waals surface area contributed by atoms with Crippen LogP contribution in [0.2, 0.25) is 0 Å². The van der Waals surface area contributed by atoms with E-state index >= 15 is 0 Å². The minimum Gasteiger partial charge on any atom is -0.480 e. The van der Waals surface area contributed by atoms with Crippen LogP contribution in [0.25, 0.3) is 10.8 Å². The van der Waals surface area contributed by atoms with Crippen molar-refractivity contribution in [1.82, 2.24) is 0 Å². The molecule has 0 radical (unpaired) electrons. The quantitative estimate of drug-likeness (QED) is 0.829. The molecule has 2 atom stereocenters. The number of aliphatic carboxylic acids is 1. The highest BCUT2D eigenvalue weighted by molar-refractivity contribution is 6.09. The number of benzene rings is 2. The summed E-state index contributed by atoms with van der Waals surface area (Å²) in [6.07, 6.45) is 0.659. The van der Waals surface area contributed by atoms with Gasteiger partial charge in [0.1, 0.15) is 12.1 Å². The summed E-state index contributed by atoms with van der Waals surface area (Å²) in [5.41, 5.74) is 1.38. The van der Waals surface area contributed by atoms with Gasteiger partial charge >= 0.3 is 5.97 Å². The molecular weight excluding hydrogens is 334 g/mol. The van der Waals surface area contributed by atoms with Crippen molar-refractivity contribution in [2.45, 2.75) is 38.3 Å². The van der Waals surface area contributed by atoms with E-state index in [1.54, 1.807) is 0 Å². The molecule has 2 N–H and O–H groups in total. The Bertz CT molecular complexity index is 813. The molecule has 2 aromatic carbocycles. The summed E-state index contributed by atoms with van der Waals surface area (Å²) in [5.74, 6) is -1.50. The number of hydrogen-bond donors (Lipinski definition) is 2. The molecule has 1 amide bonds. The van der Waals surface area contributed by atoms with Crippen LogP contribution in [0.4, 0.5) is 5.69 Å². The summed E-state index contributed by atoms with van der Waals surface area (Å²) in [6, 6.07) is 10.2. The van der Waals surface area contributed by atoms with Gasteiger partial charge in [0.05, 0.1) is 5.69 Å². The number of carboxylic acids is 1. The van der Waals surface area contributed by atoms with Crippen LogP contribution in [0, 0.1) is 6.92 Å². The summed E-state index contributed by atoms with van der Waals surface area (Å²) in [4.78, 5) is 26.5. The van der Waals surface area contributed by atoms with Gasteiger partial charge in [-0.15, -0.1) is 0 Å². The monoisotopic (exact) mass is 357 g/mol. The molecule has 1 saturated heterocycles. The van der Waals surface area contributed by atoms with Gasteiger partial charge in [0.25, 0.3) is 5.91 Å². The number of aliphatic hydroxyl groups excluding tert-OH is 1.